The number of nitrogens with zero attached hydrogens (tertiary/aromatic N) is 2. The van der Waals surface area contributed by atoms with Crippen molar-refractivity contribution in [3.63, 3.8) is 0 Å². The van der Waals surface area contributed by atoms with Gasteiger partial charge in [-0.3, -0.25) is 9.48 Å². The molecule has 90 valence electrons. The number of rotatable bonds is 5. The Hall–Kier alpha value is -1.37. The molecule has 16 heavy (non-hydrogen) atoms. The number of aromatic nitrogens is 2. The molecule has 0 aromatic carbocycles. The van der Waals surface area contributed by atoms with Crippen LogP contribution in [0.5, 0.6) is 0 Å². The highest BCUT2D eigenvalue weighted by Crippen LogP contribution is 2.11. The van der Waals surface area contributed by atoms with Gasteiger partial charge in [-0.15, -0.1) is 0 Å². The van der Waals surface area contributed by atoms with E-state index in [1.54, 1.807) is 13.2 Å². The number of carbonyl (C=O) groups excluding carboxylic acids is 1. The summed E-state index contributed by atoms with van der Waals surface area (Å²) in [6.45, 7) is -1.43. The fourth-order valence-electron chi connectivity index (χ4n) is 1.20. The fourth-order valence-corrected chi connectivity index (χ4v) is 1.20. The summed E-state index contributed by atoms with van der Waals surface area (Å²) in [5.74, 6) is -0.294. The maximum absolute atomic E-state index is 11.7. The van der Waals surface area contributed by atoms with Crippen LogP contribution in [-0.2, 0) is 18.3 Å². The summed E-state index contributed by atoms with van der Waals surface area (Å²) in [5.41, 5.74) is 0.696. The molecule has 1 aromatic heterocycles. The van der Waals surface area contributed by atoms with E-state index in [9.17, 15) is 18.0 Å². The van der Waals surface area contributed by atoms with Gasteiger partial charge in [0.05, 0.1) is 19.3 Å². The smallest absolute Gasteiger partial charge is 0.302 e. The van der Waals surface area contributed by atoms with Crippen molar-refractivity contribution in [1.82, 2.24) is 15.1 Å². The summed E-state index contributed by atoms with van der Waals surface area (Å²) in [4.78, 5) is 11.2. The first-order chi connectivity index (χ1) is 7.37. The molecule has 0 aliphatic heterocycles. The number of alkyl halides is 3. The van der Waals surface area contributed by atoms with Crippen molar-refractivity contribution in [3.8, 4) is 0 Å². The van der Waals surface area contributed by atoms with Crippen LogP contribution in [0.3, 0.4) is 0 Å². The van der Waals surface area contributed by atoms with Crippen molar-refractivity contribution in [2.45, 2.75) is 12.6 Å². The van der Waals surface area contributed by atoms with E-state index in [4.69, 9.17) is 0 Å². The second-order valence-corrected chi connectivity index (χ2v) is 3.46. The number of ketones is 1. The predicted octanol–water partition coefficient (Wildman–Crippen LogP) is 0.684. The normalized spacial score (nSPS) is 11.8. The van der Waals surface area contributed by atoms with E-state index in [0.29, 0.717) is 5.56 Å². The molecule has 0 aliphatic carbocycles. The lowest BCUT2D eigenvalue weighted by Crippen LogP contribution is -2.33. The van der Waals surface area contributed by atoms with Crippen LogP contribution in [0.4, 0.5) is 13.2 Å². The van der Waals surface area contributed by atoms with Crippen molar-refractivity contribution in [2.75, 3.05) is 13.1 Å². The molecule has 1 rings (SSSR count). The number of carbonyl (C=O) groups is 1. The van der Waals surface area contributed by atoms with Gasteiger partial charge in [-0.1, -0.05) is 0 Å². The Bertz CT molecular complexity index is 359. The van der Waals surface area contributed by atoms with E-state index < -0.39 is 12.7 Å². The summed E-state index contributed by atoms with van der Waals surface area (Å²) < 4.78 is 36.8. The van der Waals surface area contributed by atoms with Crippen molar-refractivity contribution in [2.24, 2.45) is 7.05 Å². The van der Waals surface area contributed by atoms with Gasteiger partial charge >= 0.3 is 6.18 Å². The first-order valence-electron chi connectivity index (χ1n) is 4.63. The molecule has 4 nitrogen and oxygen atoms in total. The van der Waals surface area contributed by atoms with Crippen molar-refractivity contribution in [1.29, 1.82) is 0 Å². The quantitative estimate of drug-likeness (QED) is 0.816. The molecule has 0 spiro atoms. The molecule has 0 fully saturated rings. The van der Waals surface area contributed by atoms with Crippen LogP contribution in [0.15, 0.2) is 12.4 Å². The van der Waals surface area contributed by atoms with Crippen LogP contribution < -0.4 is 5.32 Å². The molecule has 7 heteroatoms. The largest absolute Gasteiger partial charge is 0.401 e. The van der Waals surface area contributed by atoms with Crippen LogP contribution >= 0.6 is 0 Å². The lowest BCUT2D eigenvalue weighted by molar-refractivity contribution is -0.127. The Balaban J connectivity index is 2.26. The summed E-state index contributed by atoms with van der Waals surface area (Å²) in [6.07, 6.45) is -1.02. The molecular formula is C9H12F3N3O. The molecule has 0 atom stereocenters. The summed E-state index contributed by atoms with van der Waals surface area (Å²) in [7, 11) is 1.70. The molecule has 0 aliphatic rings. The third-order valence-electron chi connectivity index (χ3n) is 1.81. The molecule has 0 saturated carbocycles. The SMILES string of the molecule is Cn1cc(CC(=O)CNCC(F)(F)F)cn1. The van der Waals surface area contributed by atoms with Crippen LogP contribution in [0.1, 0.15) is 5.56 Å². The van der Waals surface area contributed by atoms with E-state index in [0.717, 1.165) is 0 Å². The third-order valence-corrected chi connectivity index (χ3v) is 1.81. The molecule has 0 radical (unpaired) electrons. The van der Waals surface area contributed by atoms with Crippen LogP contribution in [-0.4, -0.2) is 34.8 Å². The minimum absolute atomic E-state index is 0.0959. The lowest BCUT2D eigenvalue weighted by atomic mass is 10.2. The average Bonchev–Trinajstić information content (AvgIpc) is 2.48. The molecule has 1 aromatic rings. The van der Waals surface area contributed by atoms with Gasteiger partial charge in [-0.05, 0) is 5.56 Å². The van der Waals surface area contributed by atoms with Crippen LogP contribution in [0.2, 0.25) is 0 Å². The Labute approximate surface area is 90.4 Å². The number of Topliss-reactive ketones (excluding diaryl/α,β-unsaturated/α-hetero) is 1. The van der Waals surface area contributed by atoms with E-state index in [-0.39, 0.29) is 18.7 Å². The molecule has 1 N–H and O–H groups in total. The van der Waals surface area contributed by atoms with Crippen molar-refractivity contribution >= 4 is 5.78 Å². The van der Waals surface area contributed by atoms with E-state index in [1.807, 2.05) is 0 Å². The minimum Gasteiger partial charge on any atom is -0.302 e. The zero-order valence-electron chi connectivity index (χ0n) is 8.71. The van der Waals surface area contributed by atoms with Crippen molar-refractivity contribution in [3.05, 3.63) is 18.0 Å². The van der Waals surface area contributed by atoms with Gasteiger partial charge in [0, 0.05) is 19.7 Å². The van der Waals surface area contributed by atoms with Crippen LogP contribution in [0, 0.1) is 0 Å². The molecule has 0 bridgehead atoms. The Kier molecular flexibility index (Phi) is 4.05. The zero-order valence-corrected chi connectivity index (χ0v) is 8.71. The highest BCUT2D eigenvalue weighted by molar-refractivity contribution is 5.82. The highest BCUT2D eigenvalue weighted by Gasteiger charge is 2.26. The highest BCUT2D eigenvalue weighted by atomic mass is 19.4. The average molecular weight is 235 g/mol. The predicted molar refractivity (Wildman–Crippen MR) is 50.8 cm³/mol. The van der Waals surface area contributed by atoms with Gasteiger partial charge in [0.1, 0.15) is 0 Å². The molecule has 0 amide bonds. The third kappa shape index (κ3) is 4.92. The Morgan fingerprint density at radius 1 is 1.56 bits per heavy atom. The van der Waals surface area contributed by atoms with E-state index in [1.165, 1.54) is 10.9 Å². The monoisotopic (exact) mass is 235 g/mol. The van der Waals surface area contributed by atoms with Crippen molar-refractivity contribution < 1.29 is 18.0 Å². The number of halogens is 3. The maximum atomic E-state index is 11.7. The number of nitrogens with one attached hydrogen (secondary N) is 1. The van der Waals surface area contributed by atoms with E-state index in [2.05, 4.69) is 10.4 Å². The topological polar surface area (TPSA) is 46.9 Å². The molecular weight excluding hydrogens is 223 g/mol. The van der Waals surface area contributed by atoms with E-state index >= 15 is 0 Å². The second kappa shape index (κ2) is 5.11. The van der Waals surface area contributed by atoms with Gasteiger partial charge in [0.2, 0.25) is 0 Å². The summed E-state index contributed by atoms with van der Waals surface area (Å²) in [5, 5.41) is 5.90. The second-order valence-electron chi connectivity index (χ2n) is 3.46. The Morgan fingerprint density at radius 3 is 2.75 bits per heavy atom. The molecule has 0 unspecified atom stereocenters. The summed E-state index contributed by atoms with van der Waals surface area (Å²) in [6, 6.07) is 0. The zero-order chi connectivity index (χ0) is 12.2. The standard InChI is InChI=1S/C9H12F3N3O/c1-15-5-7(3-14-15)2-8(16)4-13-6-9(10,11)12/h3,5,13H,2,4,6H2,1H3. The first-order valence-corrected chi connectivity index (χ1v) is 4.63. The lowest BCUT2D eigenvalue weighted by Gasteiger charge is -2.06. The van der Waals surface area contributed by atoms with Crippen LogP contribution in [0.25, 0.3) is 0 Å². The number of hydrogen-bond acceptors (Lipinski definition) is 3. The number of aryl methyl sites for hydroxylation is 1. The fraction of sp³-hybridized carbons (Fsp3) is 0.556. The Morgan fingerprint density at radius 2 is 2.25 bits per heavy atom. The number of hydrogen-bond donors (Lipinski definition) is 1. The minimum atomic E-state index is -4.28. The maximum Gasteiger partial charge on any atom is 0.401 e. The van der Waals surface area contributed by atoms with Gasteiger partial charge < -0.3 is 5.32 Å². The van der Waals surface area contributed by atoms with Gasteiger partial charge in [0.25, 0.3) is 0 Å². The molecule has 1 heterocycles. The van der Waals surface area contributed by atoms with Gasteiger partial charge in [-0.25, -0.2) is 0 Å². The summed E-state index contributed by atoms with van der Waals surface area (Å²) >= 11 is 0. The van der Waals surface area contributed by atoms with Gasteiger partial charge in [0.15, 0.2) is 5.78 Å². The van der Waals surface area contributed by atoms with Gasteiger partial charge in [-0.2, -0.15) is 18.3 Å². The first kappa shape index (κ1) is 12.7. The molecule has 0 saturated heterocycles.